The molecule has 0 N–H and O–H groups in total. The Kier molecular flexibility index (Phi) is 9.21. The fraction of sp³-hybridized carbons (Fsp3) is 0.871. The van der Waals surface area contributed by atoms with Gasteiger partial charge in [0, 0.05) is 0 Å². The van der Waals surface area contributed by atoms with Crippen molar-refractivity contribution in [3.05, 3.63) is 24.8 Å². The van der Waals surface area contributed by atoms with Gasteiger partial charge in [0.25, 0.3) is 0 Å². The third-order valence-corrected chi connectivity index (χ3v) is 10.4. The van der Waals surface area contributed by atoms with Crippen molar-refractivity contribution in [3.8, 4) is 0 Å². The molecule has 31 heavy (non-hydrogen) atoms. The van der Waals surface area contributed by atoms with Crippen LogP contribution in [0.5, 0.6) is 0 Å². The first-order valence-corrected chi connectivity index (χ1v) is 14.6. The smallest absolute Gasteiger partial charge is 0.0205 e. The molecule has 0 heterocycles. The Morgan fingerprint density at radius 1 is 0.613 bits per heavy atom. The van der Waals surface area contributed by atoms with Gasteiger partial charge in [0.15, 0.2) is 0 Å². The molecule has 4 aliphatic rings. The van der Waals surface area contributed by atoms with Crippen LogP contribution in [0.3, 0.4) is 0 Å². The van der Waals surface area contributed by atoms with Crippen molar-refractivity contribution in [2.75, 3.05) is 0 Å². The maximum Gasteiger partial charge on any atom is -0.0205 e. The van der Waals surface area contributed by atoms with Crippen molar-refractivity contribution in [2.24, 2.45) is 47.3 Å². The highest BCUT2D eigenvalue weighted by Crippen LogP contribution is 2.47. The van der Waals surface area contributed by atoms with Gasteiger partial charge in [-0.25, -0.2) is 0 Å². The topological polar surface area (TPSA) is 0 Å². The molecule has 0 saturated heterocycles. The number of unbranched alkanes of at least 4 members (excludes halogenated alkanes) is 2. The Bertz CT molecular complexity index is 534. The molecule has 4 rings (SSSR count). The van der Waals surface area contributed by atoms with E-state index in [-0.39, 0.29) is 0 Å². The monoisotopic (exact) mass is 424 g/mol. The maximum absolute atomic E-state index is 4.03. The van der Waals surface area contributed by atoms with Gasteiger partial charge in [0.05, 0.1) is 0 Å². The molecule has 0 radical (unpaired) electrons. The highest BCUT2D eigenvalue weighted by molar-refractivity contribution is 5.01. The second kappa shape index (κ2) is 12.1. The van der Waals surface area contributed by atoms with Crippen LogP contribution in [0.15, 0.2) is 24.8 Å². The second-order valence-corrected chi connectivity index (χ2v) is 12.1. The second-order valence-electron chi connectivity index (χ2n) is 12.1. The van der Waals surface area contributed by atoms with Gasteiger partial charge in [-0.1, -0.05) is 44.4 Å². The van der Waals surface area contributed by atoms with E-state index in [9.17, 15) is 0 Å². The Hall–Kier alpha value is -0.520. The summed E-state index contributed by atoms with van der Waals surface area (Å²) < 4.78 is 0. The van der Waals surface area contributed by atoms with Gasteiger partial charge in [-0.2, -0.15) is 0 Å². The molecule has 176 valence electrons. The van der Waals surface area contributed by atoms with E-state index >= 15 is 0 Å². The van der Waals surface area contributed by atoms with E-state index in [1.54, 1.807) is 38.5 Å². The molecular weight excluding hydrogens is 372 g/mol. The number of rotatable bonds is 8. The molecule has 3 fully saturated rings. The number of allylic oxidation sites excluding steroid dienone is 3. The van der Waals surface area contributed by atoms with Crippen LogP contribution in [0.2, 0.25) is 0 Å². The summed E-state index contributed by atoms with van der Waals surface area (Å²) in [5.41, 5.74) is 0. The van der Waals surface area contributed by atoms with E-state index in [2.05, 4.69) is 31.7 Å². The Labute approximate surface area is 194 Å². The minimum absolute atomic E-state index is 0.828. The van der Waals surface area contributed by atoms with Gasteiger partial charge in [-0.05, 0) is 144 Å². The molecule has 0 spiro atoms. The zero-order chi connectivity index (χ0) is 21.5. The molecule has 0 aromatic rings. The molecule has 0 amide bonds. The summed E-state index contributed by atoms with van der Waals surface area (Å²) in [7, 11) is 0. The van der Waals surface area contributed by atoms with Gasteiger partial charge in [-0.3, -0.25) is 0 Å². The third kappa shape index (κ3) is 6.51. The van der Waals surface area contributed by atoms with E-state index in [1.807, 2.05) is 0 Å². The predicted octanol–water partition coefficient (Wildman–Crippen LogP) is 9.75. The van der Waals surface area contributed by atoms with Crippen LogP contribution in [0.1, 0.15) is 122 Å². The molecule has 0 aromatic heterocycles. The van der Waals surface area contributed by atoms with Gasteiger partial charge < -0.3 is 0 Å². The van der Waals surface area contributed by atoms with Gasteiger partial charge in [-0.15, -0.1) is 6.58 Å². The van der Waals surface area contributed by atoms with Crippen molar-refractivity contribution in [1.82, 2.24) is 0 Å². The summed E-state index contributed by atoms with van der Waals surface area (Å²) in [6.45, 7) is 6.36. The highest BCUT2D eigenvalue weighted by Gasteiger charge is 2.35. The van der Waals surface area contributed by atoms with Crippen LogP contribution >= 0.6 is 0 Å². The highest BCUT2D eigenvalue weighted by atomic mass is 14.4. The number of hydrogen-bond donors (Lipinski definition) is 0. The van der Waals surface area contributed by atoms with E-state index in [0.29, 0.717) is 0 Å². The van der Waals surface area contributed by atoms with Gasteiger partial charge in [0.2, 0.25) is 0 Å². The van der Waals surface area contributed by atoms with E-state index in [0.717, 1.165) is 47.3 Å². The van der Waals surface area contributed by atoms with Crippen LogP contribution in [0, 0.1) is 47.3 Å². The van der Waals surface area contributed by atoms with E-state index < -0.39 is 0 Å². The van der Waals surface area contributed by atoms with E-state index in [4.69, 9.17) is 0 Å². The number of hydrogen-bond acceptors (Lipinski definition) is 0. The summed E-state index contributed by atoms with van der Waals surface area (Å²) in [5.74, 6) is 7.93. The minimum Gasteiger partial charge on any atom is -0.103 e. The van der Waals surface area contributed by atoms with Gasteiger partial charge in [0.1, 0.15) is 0 Å². The van der Waals surface area contributed by atoms with Crippen molar-refractivity contribution in [3.63, 3.8) is 0 Å². The lowest BCUT2D eigenvalue weighted by molar-refractivity contribution is 0.100. The molecule has 0 nitrogen and oxygen atoms in total. The summed E-state index contributed by atoms with van der Waals surface area (Å²) in [6.07, 6.45) is 34.4. The van der Waals surface area contributed by atoms with Crippen LogP contribution in [0.4, 0.5) is 0 Å². The zero-order valence-corrected chi connectivity index (χ0v) is 20.8. The average molecular weight is 425 g/mol. The van der Waals surface area contributed by atoms with Crippen LogP contribution in [-0.2, 0) is 0 Å². The summed E-state index contributed by atoms with van der Waals surface area (Å²) in [5, 5.41) is 0. The predicted molar refractivity (Wildman–Crippen MR) is 136 cm³/mol. The van der Waals surface area contributed by atoms with Crippen LogP contribution in [0.25, 0.3) is 0 Å². The fourth-order valence-corrected chi connectivity index (χ4v) is 8.17. The molecule has 3 saturated carbocycles. The van der Waals surface area contributed by atoms with Crippen molar-refractivity contribution in [1.29, 1.82) is 0 Å². The summed E-state index contributed by atoms with van der Waals surface area (Å²) >= 11 is 0. The SMILES string of the molecule is C=CC1CCC(C2CCC(C3CCC(C4C=CC(CCCCC)CC4)CC3)CC2)CC1. The van der Waals surface area contributed by atoms with Crippen molar-refractivity contribution in [2.45, 2.75) is 122 Å². The van der Waals surface area contributed by atoms with Gasteiger partial charge >= 0.3 is 0 Å². The fourth-order valence-electron chi connectivity index (χ4n) is 8.17. The molecule has 0 aliphatic heterocycles. The Morgan fingerprint density at radius 2 is 1.13 bits per heavy atom. The Morgan fingerprint density at radius 3 is 1.58 bits per heavy atom. The molecule has 4 aliphatic carbocycles. The first kappa shape index (κ1) is 23.6. The summed E-state index contributed by atoms with van der Waals surface area (Å²) in [4.78, 5) is 0. The third-order valence-electron chi connectivity index (χ3n) is 10.4. The first-order chi connectivity index (χ1) is 15.3. The quantitative estimate of drug-likeness (QED) is 0.268. The van der Waals surface area contributed by atoms with Crippen LogP contribution in [-0.4, -0.2) is 0 Å². The average Bonchev–Trinajstić information content (AvgIpc) is 2.85. The maximum atomic E-state index is 4.03. The van der Waals surface area contributed by atoms with Crippen molar-refractivity contribution >= 4 is 0 Å². The minimum atomic E-state index is 0.828. The lowest BCUT2D eigenvalue weighted by Crippen LogP contribution is -2.31. The first-order valence-electron chi connectivity index (χ1n) is 14.6. The Balaban J connectivity index is 1.14. The van der Waals surface area contributed by atoms with E-state index in [1.165, 1.54) is 77.0 Å². The van der Waals surface area contributed by atoms with Crippen molar-refractivity contribution < 1.29 is 0 Å². The lowest BCUT2D eigenvalue weighted by Gasteiger charge is -2.42. The normalized spacial score (nSPS) is 41.7. The molecular formula is C31H52. The molecule has 2 unspecified atom stereocenters. The zero-order valence-electron chi connectivity index (χ0n) is 20.8. The molecule has 0 bridgehead atoms. The molecule has 0 heteroatoms. The molecule has 2 atom stereocenters. The molecule has 0 aromatic carbocycles. The largest absolute Gasteiger partial charge is 0.103 e. The van der Waals surface area contributed by atoms with Crippen LogP contribution < -0.4 is 0 Å². The summed E-state index contributed by atoms with van der Waals surface area (Å²) in [6, 6.07) is 0. The standard InChI is InChI=1S/C31H52/c1-3-5-6-7-25-10-14-27(15-11-25)29-18-22-31(23-19-29)30-20-16-28(17-21-30)26-12-8-24(4-2)9-13-26/h4,10,14,24-31H,2-3,5-9,11-13,15-23H2,1H3. The lowest BCUT2D eigenvalue weighted by atomic mass is 9.63.